The second kappa shape index (κ2) is 8.18. The molecule has 0 saturated carbocycles. The molecule has 3 N–H and O–H groups in total. The standard InChI is InChI=1S/C22H24N4O3/c1-14-5-9-16(10-6-14)23-20(27)15-7-11-17(12-8-15)24-21(28)25-19-13-18(29-26-19)22(2,3)4/h5-13H,1-4H3,(H,23,27)(H2,24,25,26,28). The van der Waals surface area contributed by atoms with E-state index in [1.807, 2.05) is 52.0 Å². The fraction of sp³-hybridized carbons (Fsp3) is 0.227. The second-order valence-electron chi connectivity index (χ2n) is 7.80. The highest BCUT2D eigenvalue weighted by Crippen LogP contribution is 2.24. The van der Waals surface area contributed by atoms with Crippen molar-refractivity contribution in [2.75, 3.05) is 16.0 Å². The van der Waals surface area contributed by atoms with Crippen LogP contribution in [0.1, 0.15) is 42.5 Å². The van der Waals surface area contributed by atoms with E-state index in [1.54, 1.807) is 30.3 Å². The van der Waals surface area contributed by atoms with Gasteiger partial charge in [-0.05, 0) is 43.3 Å². The molecule has 0 aliphatic carbocycles. The Labute approximate surface area is 169 Å². The molecule has 1 heterocycles. The lowest BCUT2D eigenvalue weighted by molar-refractivity contribution is 0.102. The molecule has 3 aromatic rings. The van der Waals surface area contributed by atoms with E-state index in [0.29, 0.717) is 22.8 Å². The summed E-state index contributed by atoms with van der Waals surface area (Å²) in [6, 6.07) is 15.4. The van der Waals surface area contributed by atoms with Crippen molar-refractivity contribution in [1.82, 2.24) is 5.16 Å². The van der Waals surface area contributed by atoms with Gasteiger partial charge >= 0.3 is 6.03 Å². The molecule has 150 valence electrons. The molecule has 0 bridgehead atoms. The quantitative estimate of drug-likeness (QED) is 0.570. The summed E-state index contributed by atoms with van der Waals surface area (Å²) < 4.78 is 5.24. The molecule has 7 heteroatoms. The van der Waals surface area contributed by atoms with Crippen LogP contribution in [0.25, 0.3) is 0 Å². The number of carbonyl (C=O) groups excluding carboxylic acids is 2. The molecular weight excluding hydrogens is 368 g/mol. The van der Waals surface area contributed by atoms with Crippen molar-refractivity contribution in [1.29, 1.82) is 0 Å². The van der Waals surface area contributed by atoms with Crippen molar-refractivity contribution in [3.63, 3.8) is 0 Å². The Morgan fingerprint density at radius 3 is 2.03 bits per heavy atom. The van der Waals surface area contributed by atoms with Crippen LogP contribution in [0, 0.1) is 6.92 Å². The molecule has 0 spiro atoms. The van der Waals surface area contributed by atoms with E-state index >= 15 is 0 Å². The van der Waals surface area contributed by atoms with Gasteiger partial charge in [-0.15, -0.1) is 0 Å². The Hall–Kier alpha value is -3.61. The lowest BCUT2D eigenvalue weighted by atomic mass is 9.93. The molecule has 3 amide bonds. The van der Waals surface area contributed by atoms with Crippen LogP contribution in [-0.2, 0) is 5.41 Å². The Morgan fingerprint density at radius 1 is 0.862 bits per heavy atom. The maximum atomic E-state index is 12.3. The number of rotatable bonds is 4. The third kappa shape index (κ3) is 5.44. The van der Waals surface area contributed by atoms with Gasteiger partial charge in [0.2, 0.25) is 0 Å². The lowest BCUT2D eigenvalue weighted by Crippen LogP contribution is -2.19. The van der Waals surface area contributed by atoms with Gasteiger partial charge < -0.3 is 15.2 Å². The van der Waals surface area contributed by atoms with Gasteiger partial charge in [0.25, 0.3) is 5.91 Å². The molecule has 29 heavy (non-hydrogen) atoms. The Kier molecular flexibility index (Phi) is 5.68. The summed E-state index contributed by atoms with van der Waals surface area (Å²) >= 11 is 0. The number of carbonyl (C=O) groups is 2. The van der Waals surface area contributed by atoms with Crippen molar-refractivity contribution in [2.45, 2.75) is 33.1 Å². The maximum Gasteiger partial charge on any atom is 0.324 e. The van der Waals surface area contributed by atoms with E-state index in [1.165, 1.54) is 0 Å². The van der Waals surface area contributed by atoms with Crippen LogP contribution in [0.3, 0.4) is 0 Å². The minimum Gasteiger partial charge on any atom is -0.359 e. The minimum atomic E-state index is -0.449. The summed E-state index contributed by atoms with van der Waals surface area (Å²) in [5.41, 5.74) is 2.69. The van der Waals surface area contributed by atoms with Crippen molar-refractivity contribution in [2.24, 2.45) is 0 Å². The molecule has 1 aromatic heterocycles. The topological polar surface area (TPSA) is 96.3 Å². The van der Waals surface area contributed by atoms with Crippen LogP contribution < -0.4 is 16.0 Å². The molecule has 0 unspecified atom stereocenters. The average molecular weight is 392 g/mol. The predicted octanol–water partition coefficient (Wildman–Crippen LogP) is 5.18. The summed E-state index contributed by atoms with van der Waals surface area (Å²) in [5.74, 6) is 0.792. The third-order valence-electron chi connectivity index (χ3n) is 4.21. The van der Waals surface area contributed by atoms with Crippen LogP contribution in [0.15, 0.2) is 59.1 Å². The highest BCUT2D eigenvalue weighted by atomic mass is 16.5. The van der Waals surface area contributed by atoms with Gasteiger partial charge in [-0.3, -0.25) is 10.1 Å². The normalized spacial score (nSPS) is 11.0. The number of anilines is 3. The first-order valence-corrected chi connectivity index (χ1v) is 9.24. The first-order valence-electron chi connectivity index (χ1n) is 9.24. The number of hydrogen-bond donors (Lipinski definition) is 3. The first-order chi connectivity index (χ1) is 13.7. The van der Waals surface area contributed by atoms with Gasteiger partial charge in [0.05, 0.1) is 0 Å². The molecule has 0 aliphatic heterocycles. The molecule has 3 rings (SSSR count). The van der Waals surface area contributed by atoms with Crippen LogP contribution in [-0.4, -0.2) is 17.1 Å². The van der Waals surface area contributed by atoms with E-state index in [2.05, 4.69) is 21.1 Å². The van der Waals surface area contributed by atoms with Crippen LogP contribution in [0.5, 0.6) is 0 Å². The molecule has 0 atom stereocenters. The lowest BCUT2D eigenvalue weighted by Gasteiger charge is -2.12. The average Bonchev–Trinajstić information content (AvgIpc) is 3.13. The highest BCUT2D eigenvalue weighted by Gasteiger charge is 2.20. The Bertz CT molecular complexity index is 1000. The van der Waals surface area contributed by atoms with Gasteiger partial charge in [-0.25, -0.2) is 4.79 Å². The van der Waals surface area contributed by atoms with Gasteiger partial charge in [0.15, 0.2) is 5.82 Å². The number of hydrogen-bond acceptors (Lipinski definition) is 4. The number of nitrogens with one attached hydrogen (secondary N) is 3. The zero-order valence-corrected chi connectivity index (χ0v) is 16.9. The number of nitrogens with zero attached hydrogens (tertiary/aromatic N) is 1. The minimum absolute atomic E-state index is 0.196. The van der Waals surface area contributed by atoms with Crippen LogP contribution >= 0.6 is 0 Å². The number of aromatic nitrogens is 1. The molecule has 0 saturated heterocycles. The number of urea groups is 1. The van der Waals surface area contributed by atoms with E-state index in [4.69, 9.17) is 4.52 Å². The van der Waals surface area contributed by atoms with E-state index < -0.39 is 6.03 Å². The monoisotopic (exact) mass is 392 g/mol. The second-order valence-corrected chi connectivity index (χ2v) is 7.80. The molecule has 0 fully saturated rings. The molecule has 0 aliphatic rings. The van der Waals surface area contributed by atoms with E-state index in [0.717, 1.165) is 11.3 Å². The maximum absolute atomic E-state index is 12.3. The third-order valence-corrected chi connectivity index (χ3v) is 4.21. The largest absolute Gasteiger partial charge is 0.359 e. The molecule has 7 nitrogen and oxygen atoms in total. The smallest absolute Gasteiger partial charge is 0.324 e. The van der Waals surface area contributed by atoms with Crippen LogP contribution in [0.2, 0.25) is 0 Å². The van der Waals surface area contributed by atoms with Crippen LogP contribution in [0.4, 0.5) is 22.0 Å². The number of aryl methyl sites for hydroxylation is 1. The van der Waals surface area contributed by atoms with E-state index in [-0.39, 0.29) is 11.3 Å². The SMILES string of the molecule is Cc1ccc(NC(=O)c2ccc(NC(=O)Nc3cc(C(C)(C)C)on3)cc2)cc1. The van der Waals surface area contributed by atoms with Crippen molar-refractivity contribution in [3.05, 3.63) is 71.5 Å². The molecule has 2 aromatic carbocycles. The Balaban J connectivity index is 1.57. The highest BCUT2D eigenvalue weighted by molar-refractivity contribution is 6.05. The number of benzene rings is 2. The van der Waals surface area contributed by atoms with Gasteiger partial charge in [0, 0.05) is 28.4 Å². The zero-order chi connectivity index (χ0) is 21.0. The van der Waals surface area contributed by atoms with Gasteiger partial charge in [-0.2, -0.15) is 0 Å². The zero-order valence-electron chi connectivity index (χ0n) is 16.9. The molecule has 0 radical (unpaired) electrons. The summed E-state index contributed by atoms with van der Waals surface area (Å²) in [6.45, 7) is 7.97. The summed E-state index contributed by atoms with van der Waals surface area (Å²) in [5, 5.41) is 12.0. The number of amides is 3. The molecular formula is C22H24N4O3. The fourth-order valence-corrected chi connectivity index (χ4v) is 2.51. The summed E-state index contributed by atoms with van der Waals surface area (Å²) in [6.07, 6.45) is 0. The van der Waals surface area contributed by atoms with Gasteiger partial charge in [-0.1, -0.05) is 43.6 Å². The fourth-order valence-electron chi connectivity index (χ4n) is 2.51. The Morgan fingerprint density at radius 2 is 1.45 bits per heavy atom. The van der Waals surface area contributed by atoms with E-state index in [9.17, 15) is 9.59 Å². The van der Waals surface area contributed by atoms with Crippen molar-refractivity contribution in [3.8, 4) is 0 Å². The summed E-state index contributed by atoms with van der Waals surface area (Å²) in [7, 11) is 0. The van der Waals surface area contributed by atoms with Gasteiger partial charge in [0.1, 0.15) is 5.76 Å². The first kappa shape index (κ1) is 20.1. The van der Waals surface area contributed by atoms with Crippen molar-refractivity contribution < 1.29 is 14.1 Å². The summed E-state index contributed by atoms with van der Waals surface area (Å²) in [4.78, 5) is 24.5. The predicted molar refractivity (Wildman–Crippen MR) is 113 cm³/mol. The van der Waals surface area contributed by atoms with Crippen molar-refractivity contribution >= 4 is 29.1 Å².